The van der Waals surface area contributed by atoms with E-state index in [2.05, 4.69) is 0 Å². The van der Waals surface area contributed by atoms with Crippen molar-refractivity contribution in [3.05, 3.63) is 75.1 Å². The molecular weight excluding hydrogens is 320 g/mol. The molecule has 0 amide bonds. The molecular formula is C20H16O5. The van der Waals surface area contributed by atoms with Crippen LogP contribution in [0, 0.1) is 0 Å². The minimum absolute atomic E-state index is 0.00387. The Morgan fingerprint density at radius 1 is 1.12 bits per heavy atom. The van der Waals surface area contributed by atoms with Crippen molar-refractivity contribution < 1.29 is 19.1 Å². The minimum Gasteiger partial charge on any atom is -0.508 e. The summed E-state index contributed by atoms with van der Waals surface area (Å²) in [5, 5.41) is 10.2. The largest absolute Gasteiger partial charge is 0.508 e. The highest BCUT2D eigenvalue weighted by atomic mass is 16.5. The molecule has 1 aromatic heterocycles. The molecule has 1 aliphatic carbocycles. The van der Waals surface area contributed by atoms with Crippen molar-refractivity contribution in [2.24, 2.45) is 0 Å². The van der Waals surface area contributed by atoms with Crippen LogP contribution in [0.3, 0.4) is 0 Å². The van der Waals surface area contributed by atoms with Crippen LogP contribution in [0.25, 0.3) is 11.0 Å². The van der Waals surface area contributed by atoms with Gasteiger partial charge in [-0.25, -0.2) is 9.59 Å². The second-order valence-electron chi connectivity index (χ2n) is 6.19. The van der Waals surface area contributed by atoms with Gasteiger partial charge in [0.15, 0.2) is 0 Å². The maximum atomic E-state index is 12.1. The van der Waals surface area contributed by atoms with Crippen LogP contribution in [-0.2, 0) is 24.2 Å². The molecule has 0 saturated heterocycles. The Labute approximate surface area is 143 Å². The van der Waals surface area contributed by atoms with Crippen molar-refractivity contribution in [1.29, 1.82) is 0 Å². The Kier molecular flexibility index (Phi) is 3.76. The summed E-state index contributed by atoms with van der Waals surface area (Å²) in [5.74, 6) is -0.561. The highest BCUT2D eigenvalue weighted by Gasteiger charge is 2.16. The Balaban J connectivity index is 1.65. The zero-order chi connectivity index (χ0) is 17.4. The first-order chi connectivity index (χ1) is 12.1. The topological polar surface area (TPSA) is 76.7 Å². The SMILES string of the molecule is O=C(OCc1cc(=O)oc2cc3c(cc12)CCC3)c1cccc(O)c1. The van der Waals surface area contributed by atoms with E-state index in [0.29, 0.717) is 11.1 Å². The van der Waals surface area contributed by atoms with Crippen molar-refractivity contribution in [2.75, 3.05) is 0 Å². The van der Waals surface area contributed by atoms with Gasteiger partial charge in [0.25, 0.3) is 0 Å². The van der Waals surface area contributed by atoms with Gasteiger partial charge in [0.2, 0.25) is 0 Å². The maximum Gasteiger partial charge on any atom is 0.338 e. The van der Waals surface area contributed by atoms with Crippen molar-refractivity contribution in [2.45, 2.75) is 25.9 Å². The molecule has 0 atom stereocenters. The van der Waals surface area contributed by atoms with Gasteiger partial charge >= 0.3 is 11.6 Å². The van der Waals surface area contributed by atoms with Gasteiger partial charge in [-0.15, -0.1) is 0 Å². The summed E-state index contributed by atoms with van der Waals surface area (Å²) in [6.45, 7) is -0.0324. The van der Waals surface area contributed by atoms with E-state index in [1.54, 1.807) is 12.1 Å². The van der Waals surface area contributed by atoms with Gasteiger partial charge in [-0.05, 0) is 60.7 Å². The minimum atomic E-state index is -0.557. The average Bonchev–Trinajstić information content (AvgIpc) is 3.04. The lowest BCUT2D eigenvalue weighted by molar-refractivity contribution is 0.0473. The summed E-state index contributed by atoms with van der Waals surface area (Å²) in [7, 11) is 0. The standard InChI is InChI=1S/C20H16O5/c21-16-6-2-5-14(7-16)20(23)24-11-15-10-19(22)25-18-9-13-4-1-3-12(13)8-17(15)18/h2,5-10,21H,1,3-4,11H2. The highest BCUT2D eigenvalue weighted by Crippen LogP contribution is 2.28. The van der Waals surface area contributed by atoms with E-state index in [4.69, 9.17) is 9.15 Å². The lowest BCUT2D eigenvalue weighted by Crippen LogP contribution is -2.08. The van der Waals surface area contributed by atoms with Gasteiger partial charge < -0.3 is 14.3 Å². The first kappa shape index (κ1) is 15.4. The van der Waals surface area contributed by atoms with Crippen LogP contribution in [-0.4, -0.2) is 11.1 Å². The van der Waals surface area contributed by atoms with Gasteiger partial charge in [-0.3, -0.25) is 0 Å². The summed E-state index contributed by atoms with van der Waals surface area (Å²) in [6.07, 6.45) is 3.09. The molecule has 0 fully saturated rings. The van der Waals surface area contributed by atoms with Gasteiger partial charge in [-0.1, -0.05) is 6.07 Å². The summed E-state index contributed by atoms with van der Waals surface area (Å²) in [5.41, 5.74) is 3.40. The number of hydrogen-bond donors (Lipinski definition) is 1. The average molecular weight is 336 g/mol. The number of ether oxygens (including phenoxy) is 1. The number of aromatic hydroxyl groups is 1. The summed E-state index contributed by atoms with van der Waals surface area (Å²) >= 11 is 0. The van der Waals surface area contributed by atoms with Gasteiger partial charge in [0, 0.05) is 17.0 Å². The third-order valence-electron chi connectivity index (χ3n) is 4.48. The molecule has 25 heavy (non-hydrogen) atoms. The van der Waals surface area contributed by atoms with E-state index >= 15 is 0 Å². The third kappa shape index (κ3) is 3.01. The molecule has 4 rings (SSSR count). The van der Waals surface area contributed by atoms with E-state index in [0.717, 1.165) is 24.6 Å². The van der Waals surface area contributed by atoms with Crippen molar-refractivity contribution >= 4 is 16.9 Å². The summed E-state index contributed by atoms with van der Waals surface area (Å²) in [6, 6.07) is 11.3. The van der Waals surface area contributed by atoms with E-state index < -0.39 is 11.6 Å². The molecule has 1 N–H and O–H groups in total. The predicted molar refractivity (Wildman–Crippen MR) is 91.7 cm³/mol. The normalized spacial score (nSPS) is 13.0. The first-order valence-corrected chi connectivity index (χ1v) is 8.15. The number of aryl methyl sites for hydroxylation is 2. The third-order valence-corrected chi connectivity index (χ3v) is 4.48. The number of hydrogen-bond acceptors (Lipinski definition) is 5. The second-order valence-corrected chi connectivity index (χ2v) is 6.19. The molecule has 0 unspecified atom stereocenters. The molecule has 0 aliphatic heterocycles. The van der Waals surface area contributed by atoms with Crippen LogP contribution in [0.4, 0.5) is 0 Å². The lowest BCUT2D eigenvalue weighted by Gasteiger charge is -2.09. The van der Waals surface area contributed by atoms with Crippen LogP contribution in [0.2, 0.25) is 0 Å². The highest BCUT2D eigenvalue weighted by molar-refractivity contribution is 5.90. The molecule has 0 radical (unpaired) electrons. The van der Waals surface area contributed by atoms with Crippen LogP contribution < -0.4 is 5.63 Å². The number of rotatable bonds is 3. The molecule has 126 valence electrons. The van der Waals surface area contributed by atoms with E-state index in [-0.39, 0.29) is 17.9 Å². The van der Waals surface area contributed by atoms with Crippen LogP contribution in [0.1, 0.15) is 33.5 Å². The van der Waals surface area contributed by atoms with Crippen molar-refractivity contribution in [3.8, 4) is 5.75 Å². The number of carbonyl (C=O) groups excluding carboxylic acids is 1. The maximum absolute atomic E-state index is 12.1. The molecule has 5 heteroatoms. The molecule has 2 aromatic carbocycles. The quantitative estimate of drug-likeness (QED) is 0.586. The van der Waals surface area contributed by atoms with Crippen LogP contribution >= 0.6 is 0 Å². The van der Waals surface area contributed by atoms with Gasteiger partial charge in [0.1, 0.15) is 17.9 Å². The summed E-state index contributed by atoms with van der Waals surface area (Å²) in [4.78, 5) is 24.0. The Morgan fingerprint density at radius 2 is 1.92 bits per heavy atom. The fourth-order valence-electron chi connectivity index (χ4n) is 3.27. The van der Waals surface area contributed by atoms with E-state index in [1.165, 1.54) is 29.3 Å². The molecule has 0 bridgehead atoms. The number of esters is 1. The van der Waals surface area contributed by atoms with Crippen LogP contribution in [0.15, 0.2) is 51.7 Å². The van der Waals surface area contributed by atoms with Crippen molar-refractivity contribution in [1.82, 2.24) is 0 Å². The zero-order valence-corrected chi connectivity index (χ0v) is 13.5. The smallest absolute Gasteiger partial charge is 0.338 e. The number of phenols is 1. The number of carbonyl (C=O) groups is 1. The molecule has 0 spiro atoms. The Hall–Kier alpha value is -3.08. The fourth-order valence-corrected chi connectivity index (χ4v) is 3.27. The number of phenolic OH excluding ortho intramolecular Hbond substituents is 1. The predicted octanol–water partition coefficient (Wildman–Crippen LogP) is 3.34. The lowest BCUT2D eigenvalue weighted by atomic mass is 10.0. The van der Waals surface area contributed by atoms with Gasteiger partial charge in [-0.2, -0.15) is 0 Å². The van der Waals surface area contributed by atoms with Crippen LogP contribution in [0.5, 0.6) is 5.75 Å². The van der Waals surface area contributed by atoms with E-state index in [1.807, 2.05) is 12.1 Å². The van der Waals surface area contributed by atoms with Gasteiger partial charge in [0.05, 0.1) is 5.56 Å². The second kappa shape index (κ2) is 6.09. The number of benzene rings is 2. The molecule has 5 nitrogen and oxygen atoms in total. The first-order valence-electron chi connectivity index (χ1n) is 8.15. The molecule has 3 aromatic rings. The van der Waals surface area contributed by atoms with Crippen molar-refractivity contribution in [3.63, 3.8) is 0 Å². The molecule has 1 aliphatic rings. The fraction of sp³-hybridized carbons (Fsp3) is 0.200. The molecule has 1 heterocycles. The Morgan fingerprint density at radius 3 is 2.72 bits per heavy atom. The summed E-state index contributed by atoms with van der Waals surface area (Å²) < 4.78 is 10.6. The Bertz CT molecular complexity index is 1030. The molecule has 0 saturated carbocycles. The zero-order valence-electron chi connectivity index (χ0n) is 13.5. The van der Waals surface area contributed by atoms with E-state index in [9.17, 15) is 14.7 Å². The number of fused-ring (bicyclic) bond motifs is 2. The monoisotopic (exact) mass is 336 g/mol.